The van der Waals surface area contributed by atoms with E-state index in [0.29, 0.717) is 0 Å². The summed E-state index contributed by atoms with van der Waals surface area (Å²) < 4.78 is 30.3. The van der Waals surface area contributed by atoms with Crippen molar-refractivity contribution >= 4 is 7.82 Å². The maximum absolute atomic E-state index is 12.6. The summed E-state index contributed by atoms with van der Waals surface area (Å²) in [4.78, 5) is 0. The normalized spacial score (nSPS) is 13.8. The molecule has 0 bridgehead atoms. The van der Waals surface area contributed by atoms with Crippen LogP contribution in [0.25, 0.3) is 0 Å². The Bertz CT molecular complexity index is 412. The highest BCUT2D eigenvalue weighted by Crippen LogP contribution is 2.55. The van der Waals surface area contributed by atoms with Gasteiger partial charge in [0, 0.05) is 12.3 Å². The predicted molar refractivity (Wildman–Crippen MR) is 71.4 cm³/mol. The van der Waals surface area contributed by atoms with Gasteiger partial charge in [-0.05, 0) is 41.5 Å². The molecule has 0 aromatic carbocycles. The van der Waals surface area contributed by atoms with E-state index in [1.54, 1.807) is 47.7 Å². The third-order valence-electron chi connectivity index (χ3n) is 1.62. The highest BCUT2D eigenvalue weighted by Gasteiger charge is 2.37. The van der Waals surface area contributed by atoms with E-state index in [9.17, 15) is 4.57 Å². The van der Waals surface area contributed by atoms with Gasteiger partial charge in [-0.15, -0.1) is 0 Å². The lowest BCUT2D eigenvalue weighted by molar-refractivity contribution is -0.00756. The van der Waals surface area contributed by atoms with E-state index in [-0.39, 0.29) is 6.73 Å². The van der Waals surface area contributed by atoms with Crippen LogP contribution in [-0.4, -0.2) is 21.0 Å². The van der Waals surface area contributed by atoms with Crippen LogP contribution in [0.3, 0.4) is 0 Å². The number of phosphoric ester groups is 1. The standard InChI is InChI=1S/C12H22N2O4P/c1-11(2,3)17-19(15,18-12(4,5)6)16-10-14-9-7-8-13-14/h8-9H,10H2,1-6H3. The summed E-state index contributed by atoms with van der Waals surface area (Å²) in [5.41, 5.74) is -1.28. The van der Waals surface area contributed by atoms with Crippen LogP contribution in [0.5, 0.6) is 0 Å². The van der Waals surface area contributed by atoms with Crippen LogP contribution in [0.1, 0.15) is 41.5 Å². The molecule has 1 rings (SSSR count). The van der Waals surface area contributed by atoms with Gasteiger partial charge in [-0.2, -0.15) is 5.10 Å². The molecule has 0 saturated heterocycles. The molecule has 0 aliphatic carbocycles. The Kier molecular flexibility index (Phi) is 4.96. The van der Waals surface area contributed by atoms with Crippen LogP contribution >= 0.6 is 7.82 Å². The Balaban J connectivity index is 2.77. The van der Waals surface area contributed by atoms with E-state index < -0.39 is 19.0 Å². The van der Waals surface area contributed by atoms with Crippen molar-refractivity contribution in [3.05, 3.63) is 18.5 Å². The monoisotopic (exact) mass is 289 g/mol. The highest BCUT2D eigenvalue weighted by molar-refractivity contribution is 7.48. The molecule has 6 nitrogen and oxygen atoms in total. The highest BCUT2D eigenvalue weighted by atomic mass is 31.2. The first-order valence-corrected chi connectivity index (χ1v) is 7.50. The van der Waals surface area contributed by atoms with E-state index in [4.69, 9.17) is 13.6 Å². The molecule has 1 radical (unpaired) electrons. The molecule has 0 spiro atoms. The molecule has 0 saturated carbocycles. The zero-order chi connectivity index (χ0) is 14.7. The fourth-order valence-corrected chi connectivity index (χ4v) is 2.95. The number of hydrogen-bond donors (Lipinski definition) is 0. The molecule has 0 aliphatic heterocycles. The average molecular weight is 289 g/mol. The molecule has 0 atom stereocenters. The Morgan fingerprint density at radius 1 is 1.16 bits per heavy atom. The van der Waals surface area contributed by atoms with Crippen molar-refractivity contribution in [2.75, 3.05) is 0 Å². The number of aromatic nitrogens is 2. The molecule has 19 heavy (non-hydrogen) atoms. The molecule has 109 valence electrons. The van der Waals surface area contributed by atoms with E-state index in [1.807, 2.05) is 0 Å². The van der Waals surface area contributed by atoms with E-state index in [2.05, 4.69) is 11.2 Å². The molecule has 0 unspecified atom stereocenters. The second kappa shape index (κ2) is 5.75. The first kappa shape index (κ1) is 16.4. The molecule has 0 amide bonds. The van der Waals surface area contributed by atoms with Crippen molar-refractivity contribution in [1.82, 2.24) is 9.78 Å². The van der Waals surface area contributed by atoms with Crippen molar-refractivity contribution < 1.29 is 18.1 Å². The Hall–Kier alpha value is -0.680. The summed E-state index contributed by atoms with van der Waals surface area (Å²) in [6, 6.07) is 2.76. The summed E-state index contributed by atoms with van der Waals surface area (Å²) in [6.07, 6.45) is 3.07. The van der Waals surface area contributed by atoms with Crippen molar-refractivity contribution in [1.29, 1.82) is 0 Å². The molecule has 0 fully saturated rings. The minimum atomic E-state index is -3.68. The first-order chi connectivity index (χ1) is 8.49. The van der Waals surface area contributed by atoms with Crippen molar-refractivity contribution in [3.63, 3.8) is 0 Å². The van der Waals surface area contributed by atoms with Crippen molar-refractivity contribution in [3.8, 4) is 0 Å². The van der Waals surface area contributed by atoms with Crippen molar-refractivity contribution in [2.45, 2.75) is 59.5 Å². The maximum Gasteiger partial charge on any atom is 0.477 e. The maximum atomic E-state index is 12.6. The van der Waals surface area contributed by atoms with Crippen molar-refractivity contribution in [2.24, 2.45) is 0 Å². The minimum Gasteiger partial charge on any atom is -0.281 e. The summed E-state index contributed by atoms with van der Waals surface area (Å²) in [6.45, 7) is 10.7. The minimum absolute atomic E-state index is 0.0209. The van der Waals surface area contributed by atoms with E-state index in [0.717, 1.165) is 0 Å². The summed E-state index contributed by atoms with van der Waals surface area (Å²) in [7, 11) is -3.68. The molecule has 0 N–H and O–H groups in total. The lowest BCUT2D eigenvalue weighted by Gasteiger charge is -2.30. The lowest BCUT2D eigenvalue weighted by Crippen LogP contribution is -2.25. The van der Waals surface area contributed by atoms with Gasteiger partial charge >= 0.3 is 7.82 Å². The summed E-state index contributed by atoms with van der Waals surface area (Å²) >= 11 is 0. The SMILES string of the molecule is CC(C)(C)OP(=O)(OCn1c[c]cn1)OC(C)(C)C. The van der Waals surface area contributed by atoms with Gasteiger partial charge in [0.2, 0.25) is 0 Å². The van der Waals surface area contributed by atoms with Gasteiger partial charge in [-0.1, -0.05) is 0 Å². The van der Waals surface area contributed by atoms with Gasteiger partial charge < -0.3 is 0 Å². The molecule has 1 aromatic heterocycles. The quantitative estimate of drug-likeness (QED) is 0.777. The largest absolute Gasteiger partial charge is 0.477 e. The molecule has 1 heterocycles. The first-order valence-electron chi connectivity index (χ1n) is 6.04. The number of nitrogens with zero attached hydrogens (tertiary/aromatic N) is 2. The molecular weight excluding hydrogens is 267 g/mol. The zero-order valence-electron chi connectivity index (χ0n) is 12.3. The van der Waals surface area contributed by atoms with E-state index >= 15 is 0 Å². The van der Waals surface area contributed by atoms with Crippen LogP contribution < -0.4 is 0 Å². The van der Waals surface area contributed by atoms with Gasteiger partial charge in [0.1, 0.15) is 0 Å². The predicted octanol–water partition coefficient (Wildman–Crippen LogP) is 3.40. The molecule has 7 heteroatoms. The Labute approximate surface area is 114 Å². The lowest BCUT2D eigenvalue weighted by atomic mass is 10.2. The third kappa shape index (κ3) is 6.87. The van der Waals surface area contributed by atoms with Gasteiger partial charge in [0.15, 0.2) is 6.73 Å². The second-order valence-corrected chi connectivity index (χ2v) is 7.61. The topological polar surface area (TPSA) is 62.6 Å². The fraction of sp³-hybridized carbons (Fsp3) is 0.750. The summed E-state index contributed by atoms with van der Waals surface area (Å²) in [5.74, 6) is 0. The summed E-state index contributed by atoms with van der Waals surface area (Å²) in [5, 5.41) is 3.92. The molecular formula is C12H22N2O4P. The number of phosphoric acid groups is 1. The average Bonchev–Trinajstić information content (AvgIpc) is 2.60. The second-order valence-electron chi connectivity index (χ2n) is 6.09. The van der Waals surface area contributed by atoms with E-state index in [1.165, 1.54) is 10.9 Å². The third-order valence-corrected chi connectivity index (χ3v) is 3.60. The number of rotatable bonds is 5. The smallest absolute Gasteiger partial charge is 0.281 e. The van der Waals surface area contributed by atoms with Crippen LogP contribution in [0.4, 0.5) is 0 Å². The van der Waals surface area contributed by atoms with Gasteiger partial charge in [0.05, 0.1) is 17.4 Å². The Morgan fingerprint density at radius 2 is 1.68 bits per heavy atom. The van der Waals surface area contributed by atoms with Crippen LogP contribution in [0.15, 0.2) is 12.4 Å². The van der Waals surface area contributed by atoms with Crippen LogP contribution in [0.2, 0.25) is 0 Å². The van der Waals surface area contributed by atoms with Crippen LogP contribution in [0, 0.1) is 6.07 Å². The molecule has 0 aliphatic rings. The van der Waals surface area contributed by atoms with Crippen LogP contribution in [-0.2, 0) is 24.9 Å². The zero-order valence-corrected chi connectivity index (χ0v) is 13.2. The number of hydrogen-bond acceptors (Lipinski definition) is 5. The fourth-order valence-electron chi connectivity index (χ4n) is 1.20. The van der Waals surface area contributed by atoms with Gasteiger partial charge in [0.25, 0.3) is 0 Å². The van der Waals surface area contributed by atoms with Gasteiger partial charge in [-0.25, -0.2) is 9.25 Å². The van der Waals surface area contributed by atoms with Gasteiger partial charge in [-0.3, -0.25) is 13.6 Å². The molecule has 1 aromatic rings. The Morgan fingerprint density at radius 3 is 2.05 bits per heavy atom.